The highest BCUT2D eigenvalue weighted by atomic mass is 32.1. The first kappa shape index (κ1) is 36.5. The van der Waals surface area contributed by atoms with Crippen molar-refractivity contribution in [2.75, 3.05) is 5.32 Å². The van der Waals surface area contributed by atoms with E-state index in [-0.39, 0.29) is 16.2 Å². The molecule has 3 heterocycles. The Morgan fingerprint density at radius 2 is 1.32 bits per heavy atom. The number of nitrogens with one attached hydrogen (secondary N) is 1. The van der Waals surface area contributed by atoms with Gasteiger partial charge in [0.1, 0.15) is 0 Å². The van der Waals surface area contributed by atoms with Gasteiger partial charge in [-0.3, -0.25) is 0 Å². The first-order chi connectivity index (χ1) is 29.9. The van der Waals surface area contributed by atoms with Gasteiger partial charge in [0.2, 0.25) is 0 Å². The molecule has 10 aromatic rings. The lowest BCUT2D eigenvalue weighted by Crippen LogP contribution is -2.37. The molecule has 4 heteroatoms. The molecule has 0 saturated carbocycles. The molecule has 3 aliphatic rings. The van der Waals surface area contributed by atoms with Gasteiger partial charge in [0.25, 0.3) is 0 Å². The van der Waals surface area contributed by atoms with E-state index >= 15 is 0 Å². The summed E-state index contributed by atoms with van der Waals surface area (Å²) in [5, 5.41) is 12.1. The highest BCUT2D eigenvalue weighted by Gasteiger charge is 2.41. The number of aryl methyl sites for hydroxylation is 1. The summed E-state index contributed by atoms with van der Waals surface area (Å²) in [7, 11) is 2.52. The second kappa shape index (κ2) is 12.3. The van der Waals surface area contributed by atoms with E-state index in [0.717, 1.165) is 5.69 Å². The van der Waals surface area contributed by atoms with Gasteiger partial charge in [0.15, 0.2) is 7.28 Å². The second-order valence-electron chi connectivity index (χ2n) is 20.3. The lowest BCUT2D eigenvalue weighted by molar-refractivity contribution is 0.332. The molecule has 2 nitrogen and oxygen atoms in total. The molecule has 2 aromatic heterocycles. The highest BCUT2D eigenvalue weighted by Crippen LogP contribution is 2.57. The van der Waals surface area contributed by atoms with Crippen LogP contribution >= 0.6 is 11.3 Å². The van der Waals surface area contributed by atoms with E-state index in [1.165, 1.54) is 138 Å². The van der Waals surface area contributed by atoms with Gasteiger partial charge in [-0.2, -0.15) is 0 Å². The van der Waals surface area contributed by atoms with E-state index < -0.39 is 0 Å². The van der Waals surface area contributed by atoms with Crippen molar-refractivity contribution in [3.8, 4) is 27.9 Å². The Labute approximate surface area is 368 Å². The fourth-order valence-electron chi connectivity index (χ4n) is 12.1. The minimum absolute atomic E-state index is 0.0969. The number of thiophene rings is 1. The average Bonchev–Trinajstić information content (AvgIpc) is 3.89. The van der Waals surface area contributed by atoms with Crippen molar-refractivity contribution in [1.29, 1.82) is 0 Å². The molecule has 1 aliphatic heterocycles. The van der Waals surface area contributed by atoms with Crippen LogP contribution in [0.15, 0.2) is 133 Å². The fourth-order valence-corrected chi connectivity index (χ4v) is 13.3. The van der Waals surface area contributed by atoms with Crippen LogP contribution < -0.4 is 16.2 Å². The summed E-state index contributed by atoms with van der Waals surface area (Å²) in [6.07, 6.45) is 2.38. The van der Waals surface area contributed by atoms with Crippen LogP contribution in [0.1, 0.15) is 82.2 Å². The Hall–Kier alpha value is -6.10. The summed E-state index contributed by atoms with van der Waals surface area (Å²) in [4.78, 5) is 0. The normalized spacial score (nSPS) is 16.4. The minimum Gasteiger partial charge on any atom is -0.355 e. The molecule has 0 bridgehead atoms. The zero-order valence-electron chi connectivity index (χ0n) is 36.5. The molecule has 0 amide bonds. The SMILES string of the molecule is Cc1cc2c(cc1Nc1ccc3c(c1-c1c4c(cc5c1sc1ccccc15)-n1c5ccc6ccccc6c5c5cccc(c51)[B]4)C(C)(C)c1ccccc1-3)C(C)(C)CCC2(C)C. The predicted octanol–water partition coefficient (Wildman–Crippen LogP) is 14.6. The van der Waals surface area contributed by atoms with Crippen molar-refractivity contribution >= 4 is 93.7 Å². The highest BCUT2D eigenvalue weighted by molar-refractivity contribution is 7.26. The van der Waals surface area contributed by atoms with Crippen molar-refractivity contribution < 1.29 is 0 Å². The summed E-state index contributed by atoms with van der Waals surface area (Å²) in [5.41, 5.74) is 21.0. The van der Waals surface area contributed by atoms with Crippen molar-refractivity contribution in [2.45, 2.75) is 77.6 Å². The van der Waals surface area contributed by atoms with E-state index in [4.69, 9.17) is 0 Å². The third-order valence-electron chi connectivity index (χ3n) is 15.4. The average molecular weight is 816 g/mol. The molecule has 0 saturated heterocycles. The first-order valence-electron chi connectivity index (χ1n) is 22.4. The molecule has 299 valence electrons. The molecule has 0 fully saturated rings. The Morgan fingerprint density at radius 1 is 0.597 bits per heavy atom. The number of aromatic nitrogens is 1. The molecule has 2 aliphatic carbocycles. The van der Waals surface area contributed by atoms with Gasteiger partial charge in [-0.25, -0.2) is 0 Å². The summed E-state index contributed by atoms with van der Waals surface area (Å²) >= 11 is 1.95. The second-order valence-corrected chi connectivity index (χ2v) is 21.3. The van der Waals surface area contributed by atoms with E-state index in [1.807, 2.05) is 11.3 Å². The first-order valence-corrected chi connectivity index (χ1v) is 23.2. The molecule has 13 rings (SSSR count). The van der Waals surface area contributed by atoms with Crippen molar-refractivity contribution in [3.63, 3.8) is 0 Å². The van der Waals surface area contributed by atoms with E-state index in [0.29, 0.717) is 0 Å². The zero-order chi connectivity index (χ0) is 42.0. The predicted molar refractivity (Wildman–Crippen MR) is 269 cm³/mol. The van der Waals surface area contributed by atoms with Crippen molar-refractivity contribution in [2.24, 2.45) is 0 Å². The number of fused-ring (bicyclic) bond motifs is 14. The van der Waals surface area contributed by atoms with Gasteiger partial charge < -0.3 is 9.88 Å². The molecular weight excluding hydrogens is 768 g/mol. The molecule has 1 N–H and O–H groups in total. The molecule has 8 aromatic carbocycles. The van der Waals surface area contributed by atoms with E-state index in [9.17, 15) is 0 Å². The number of rotatable bonds is 3. The van der Waals surface area contributed by atoms with Crippen LogP contribution in [0.3, 0.4) is 0 Å². The summed E-state index contributed by atoms with van der Waals surface area (Å²) < 4.78 is 5.26. The Balaban J connectivity index is 1.17. The van der Waals surface area contributed by atoms with Crippen LogP contribution in [0.2, 0.25) is 0 Å². The lowest BCUT2D eigenvalue weighted by Gasteiger charge is -2.42. The molecule has 62 heavy (non-hydrogen) atoms. The number of anilines is 2. The molecular formula is C58H48BN2S. The number of para-hydroxylation sites is 1. The summed E-state index contributed by atoms with van der Waals surface area (Å²) in [5.74, 6) is 0. The maximum Gasteiger partial charge on any atom is 0.197 e. The standard InChI is InChI=1S/C58H48BN2S/c1-32-29-41-42(57(4,5)28-27-56(41,2)3)31-45(32)60-44-25-24-37-35-17-10-12-20-40(35)58(6,7)52(37)50(44)51-53-47(30-39-36-18-11-13-22-48(36)62-55(39)51)61-46-26-23-33-15-8-9-16-34(33)49(46)38-19-14-21-43(59-53)54(38)61/h8-26,29-31,60H,27-28H2,1-7H3. The quantitative estimate of drug-likeness (QED) is 0.176. The van der Waals surface area contributed by atoms with Gasteiger partial charge in [-0.1, -0.05) is 150 Å². The van der Waals surface area contributed by atoms with E-state index in [1.54, 1.807) is 0 Å². The number of hydrogen-bond acceptors (Lipinski definition) is 2. The summed E-state index contributed by atoms with van der Waals surface area (Å²) in [6, 6.07) is 51.0. The van der Waals surface area contributed by atoms with Gasteiger partial charge in [0.05, 0.1) is 5.52 Å². The minimum atomic E-state index is -0.250. The zero-order valence-corrected chi connectivity index (χ0v) is 37.4. The molecule has 0 atom stereocenters. The Kier molecular flexibility index (Phi) is 7.25. The molecule has 1 radical (unpaired) electrons. The van der Waals surface area contributed by atoms with Crippen LogP contribution in [0.25, 0.3) is 80.7 Å². The summed E-state index contributed by atoms with van der Waals surface area (Å²) in [6.45, 7) is 16.9. The fraction of sp³-hybridized carbons (Fsp3) is 0.207. The third kappa shape index (κ3) is 4.77. The maximum absolute atomic E-state index is 4.22. The van der Waals surface area contributed by atoms with Crippen LogP contribution in [0.5, 0.6) is 0 Å². The van der Waals surface area contributed by atoms with Gasteiger partial charge in [-0.15, -0.1) is 11.3 Å². The monoisotopic (exact) mass is 815 g/mol. The van der Waals surface area contributed by atoms with Crippen LogP contribution in [-0.2, 0) is 16.2 Å². The van der Waals surface area contributed by atoms with Crippen LogP contribution in [0, 0.1) is 6.92 Å². The molecule has 0 unspecified atom stereocenters. The van der Waals surface area contributed by atoms with Gasteiger partial charge in [0, 0.05) is 64.5 Å². The Morgan fingerprint density at radius 3 is 2.16 bits per heavy atom. The van der Waals surface area contributed by atoms with Crippen LogP contribution in [0.4, 0.5) is 11.4 Å². The smallest absolute Gasteiger partial charge is 0.197 e. The van der Waals surface area contributed by atoms with Crippen molar-refractivity contribution in [1.82, 2.24) is 4.57 Å². The third-order valence-corrected chi connectivity index (χ3v) is 16.6. The lowest BCUT2D eigenvalue weighted by atomic mass is 9.58. The topological polar surface area (TPSA) is 17.0 Å². The maximum atomic E-state index is 4.22. The van der Waals surface area contributed by atoms with E-state index in [2.05, 4.69) is 199 Å². The van der Waals surface area contributed by atoms with Gasteiger partial charge >= 0.3 is 0 Å². The number of nitrogens with zero attached hydrogens (tertiary/aromatic N) is 1. The molecule has 0 spiro atoms. The largest absolute Gasteiger partial charge is 0.355 e. The number of hydrogen-bond donors (Lipinski definition) is 1. The van der Waals surface area contributed by atoms with Crippen molar-refractivity contribution in [3.05, 3.63) is 161 Å². The Bertz CT molecular complexity index is 3630. The van der Waals surface area contributed by atoms with Gasteiger partial charge in [-0.05, 0) is 122 Å². The van der Waals surface area contributed by atoms with Crippen LogP contribution in [-0.4, -0.2) is 11.8 Å². The number of benzene rings is 8.